The van der Waals surface area contributed by atoms with Gasteiger partial charge in [0.2, 0.25) is 0 Å². The van der Waals surface area contributed by atoms with Gasteiger partial charge in [0.15, 0.2) is 5.69 Å². The van der Waals surface area contributed by atoms with Gasteiger partial charge in [0.1, 0.15) is 5.75 Å². The van der Waals surface area contributed by atoms with Crippen LogP contribution in [0, 0.1) is 10.1 Å². The smallest absolute Gasteiger partial charge is 0.276 e. The molecule has 1 amide bonds. The van der Waals surface area contributed by atoms with Gasteiger partial charge in [-0.2, -0.15) is 5.10 Å². The number of nitro groups is 1. The predicted molar refractivity (Wildman–Crippen MR) is 89.5 cm³/mol. The van der Waals surface area contributed by atoms with E-state index in [2.05, 4.69) is 15.5 Å². The lowest BCUT2D eigenvalue weighted by Gasteiger charge is -2.06. The Morgan fingerprint density at radius 3 is 2.88 bits per heavy atom. The van der Waals surface area contributed by atoms with E-state index in [4.69, 9.17) is 4.74 Å². The van der Waals surface area contributed by atoms with E-state index < -0.39 is 10.8 Å². The van der Waals surface area contributed by atoms with Gasteiger partial charge in [-0.1, -0.05) is 6.07 Å². The molecule has 0 radical (unpaired) electrons. The molecule has 0 aliphatic heterocycles. The van der Waals surface area contributed by atoms with Gasteiger partial charge < -0.3 is 10.1 Å². The summed E-state index contributed by atoms with van der Waals surface area (Å²) in [5, 5.41) is 22.2. The molecule has 2 N–H and O–H groups in total. The molecule has 24 heavy (non-hydrogen) atoms. The second-order valence-corrected chi connectivity index (χ2v) is 5.72. The van der Waals surface area contributed by atoms with E-state index in [1.54, 1.807) is 6.07 Å². The Labute approximate surface area is 140 Å². The van der Waals surface area contributed by atoms with Crippen LogP contribution in [0.25, 0.3) is 10.6 Å². The molecule has 0 aliphatic carbocycles. The molecule has 0 spiro atoms. The monoisotopic (exact) mass is 344 g/mol. The summed E-state index contributed by atoms with van der Waals surface area (Å²) < 4.78 is 5.01. The van der Waals surface area contributed by atoms with Crippen molar-refractivity contribution in [3.8, 4) is 16.3 Å². The maximum atomic E-state index is 12.3. The molecule has 2 heterocycles. The highest BCUT2D eigenvalue weighted by Gasteiger charge is 2.15. The van der Waals surface area contributed by atoms with Crippen molar-refractivity contribution >= 4 is 28.6 Å². The van der Waals surface area contributed by atoms with Crippen LogP contribution in [0.4, 0.5) is 11.4 Å². The third-order valence-electron chi connectivity index (χ3n) is 3.19. The topological polar surface area (TPSA) is 110 Å². The summed E-state index contributed by atoms with van der Waals surface area (Å²) in [6.07, 6.45) is 0. The molecule has 0 unspecified atom stereocenters. The molecule has 3 aromatic rings. The molecule has 0 saturated heterocycles. The first-order valence-corrected chi connectivity index (χ1v) is 7.69. The maximum Gasteiger partial charge on any atom is 0.276 e. The number of ether oxygens (including phenoxy) is 1. The average molecular weight is 344 g/mol. The maximum absolute atomic E-state index is 12.3. The minimum atomic E-state index is -0.554. The van der Waals surface area contributed by atoms with Crippen LogP contribution in [-0.2, 0) is 0 Å². The van der Waals surface area contributed by atoms with Crippen LogP contribution in [0.2, 0.25) is 0 Å². The Kier molecular flexibility index (Phi) is 4.25. The SMILES string of the molecule is COc1cc(NC(=O)c2cc(-c3cccs3)[nH]n2)cc([N+](=O)[O-])c1. The number of hydrogen-bond acceptors (Lipinski definition) is 6. The summed E-state index contributed by atoms with van der Waals surface area (Å²) in [6, 6.07) is 9.46. The van der Waals surface area contributed by atoms with Gasteiger partial charge in [0.25, 0.3) is 11.6 Å². The summed E-state index contributed by atoms with van der Waals surface area (Å²) in [7, 11) is 1.39. The number of nitro benzene ring substituents is 1. The normalized spacial score (nSPS) is 10.4. The van der Waals surface area contributed by atoms with E-state index in [1.807, 2.05) is 17.5 Å². The number of non-ortho nitro benzene ring substituents is 1. The predicted octanol–water partition coefficient (Wildman–Crippen LogP) is 3.31. The van der Waals surface area contributed by atoms with Crippen LogP contribution in [0.15, 0.2) is 41.8 Å². The zero-order valence-corrected chi connectivity index (χ0v) is 13.3. The van der Waals surface area contributed by atoms with Crippen LogP contribution in [0.3, 0.4) is 0 Å². The number of anilines is 1. The first-order valence-electron chi connectivity index (χ1n) is 6.81. The fraction of sp³-hybridized carbons (Fsp3) is 0.0667. The van der Waals surface area contributed by atoms with Gasteiger partial charge in [0.05, 0.1) is 34.4 Å². The minimum absolute atomic E-state index is 0.175. The first kappa shape index (κ1) is 15.7. The number of methoxy groups -OCH3 is 1. The van der Waals surface area contributed by atoms with Gasteiger partial charge in [-0.3, -0.25) is 20.0 Å². The Balaban J connectivity index is 1.82. The van der Waals surface area contributed by atoms with Crippen LogP contribution >= 0.6 is 11.3 Å². The van der Waals surface area contributed by atoms with Crippen molar-refractivity contribution in [1.82, 2.24) is 10.2 Å². The molecule has 0 saturated carbocycles. The number of rotatable bonds is 5. The lowest BCUT2D eigenvalue weighted by Crippen LogP contribution is -2.12. The molecular weight excluding hydrogens is 332 g/mol. The molecule has 0 bridgehead atoms. The van der Waals surface area contributed by atoms with Crippen molar-refractivity contribution in [2.24, 2.45) is 0 Å². The summed E-state index contributed by atoms with van der Waals surface area (Å²) >= 11 is 1.52. The number of aromatic amines is 1. The summed E-state index contributed by atoms with van der Waals surface area (Å²) in [6.45, 7) is 0. The van der Waals surface area contributed by atoms with Crippen molar-refractivity contribution in [2.45, 2.75) is 0 Å². The third-order valence-corrected chi connectivity index (χ3v) is 4.10. The Morgan fingerprint density at radius 2 is 2.21 bits per heavy atom. The van der Waals surface area contributed by atoms with Gasteiger partial charge in [-0.25, -0.2) is 0 Å². The van der Waals surface area contributed by atoms with Gasteiger partial charge >= 0.3 is 0 Å². The number of aromatic nitrogens is 2. The standard InChI is InChI=1S/C15H12N4O4S/c1-23-11-6-9(5-10(7-11)19(21)22)16-15(20)13-8-12(17-18-13)14-3-2-4-24-14/h2-8H,1H3,(H,16,20)(H,17,18). The highest BCUT2D eigenvalue weighted by molar-refractivity contribution is 7.13. The van der Waals surface area contributed by atoms with E-state index in [-0.39, 0.29) is 22.8 Å². The molecule has 1 aromatic carbocycles. The Morgan fingerprint density at radius 1 is 1.38 bits per heavy atom. The quantitative estimate of drug-likeness (QED) is 0.545. The average Bonchev–Trinajstić information content (AvgIpc) is 3.25. The van der Waals surface area contributed by atoms with E-state index in [0.29, 0.717) is 0 Å². The molecule has 9 heteroatoms. The number of thiophene rings is 1. The summed E-state index contributed by atoms with van der Waals surface area (Å²) in [5.74, 6) is -0.197. The minimum Gasteiger partial charge on any atom is -0.496 e. The number of hydrogen-bond donors (Lipinski definition) is 2. The first-order chi connectivity index (χ1) is 11.6. The number of amides is 1. The zero-order chi connectivity index (χ0) is 17.1. The second kappa shape index (κ2) is 6.50. The third kappa shape index (κ3) is 3.25. The van der Waals surface area contributed by atoms with E-state index in [1.165, 1.54) is 36.6 Å². The lowest BCUT2D eigenvalue weighted by molar-refractivity contribution is -0.384. The molecular formula is C15H12N4O4S. The van der Waals surface area contributed by atoms with E-state index >= 15 is 0 Å². The Bertz CT molecular complexity index is 889. The van der Waals surface area contributed by atoms with E-state index in [0.717, 1.165) is 10.6 Å². The van der Waals surface area contributed by atoms with Crippen LogP contribution in [0.5, 0.6) is 5.75 Å². The van der Waals surface area contributed by atoms with Crippen LogP contribution in [-0.4, -0.2) is 28.1 Å². The van der Waals surface area contributed by atoms with Crippen molar-refractivity contribution < 1.29 is 14.5 Å². The summed E-state index contributed by atoms with van der Waals surface area (Å²) in [4.78, 5) is 23.6. The van der Waals surface area contributed by atoms with Crippen LogP contribution in [0.1, 0.15) is 10.5 Å². The Hall–Kier alpha value is -3.20. The molecule has 3 rings (SSSR count). The number of carbonyl (C=O) groups is 1. The molecule has 122 valence electrons. The largest absolute Gasteiger partial charge is 0.496 e. The lowest BCUT2D eigenvalue weighted by atomic mass is 10.2. The molecule has 0 atom stereocenters. The molecule has 8 nitrogen and oxygen atoms in total. The van der Waals surface area contributed by atoms with Gasteiger partial charge in [-0.15, -0.1) is 11.3 Å². The fourth-order valence-corrected chi connectivity index (χ4v) is 2.76. The molecule has 0 aliphatic rings. The molecule has 2 aromatic heterocycles. The number of nitrogens with zero attached hydrogens (tertiary/aromatic N) is 2. The van der Waals surface area contributed by atoms with Crippen molar-refractivity contribution in [2.75, 3.05) is 12.4 Å². The fourth-order valence-electron chi connectivity index (χ4n) is 2.07. The van der Waals surface area contributed by atoms with Crippen molar-refractivity contribution in [3.63, 3.8) is 0 Å². The van der Waals surface area contributed by atoms with Gasteiger partial charge in [0, 0.05) is 12.1 Å². The highest BCUT2D eigenvalue weighted by atomic mass is 32.1. The van der Waals surface area contributed by atoms with Crippen LogP contribution < -0.4 is 10.1 Å². The summed E-state index contributed by atoms with van der Waals surface area (Å²) in [5.41, 5.74) is 0.994. The second-order valence-electron chi connectivity index (χ2n) is 4.78. The number of benzene rings is 1. The number of H-pyrrole nitrogens is 1. The number of nitrogens with one attached hydrogen (secondary N) is 2. The van der Waals surface area contributed by atoms with E-state index in [9.17, 15) is 14.9 Å². The molecule has 0 fully saturated rings. The van der Waals surface area contributed by atoms with Crippen molar-refractivity contribution in [3.05, 3.63) is 57.6 Å². The number of carbonyl (C=O) groups excluding carboxylic acids is 1. The zero-order valence-electron chi connectivity index (χ0n) is 12.5. The highest BCUT2D eigenvalue weighted by Crippen LogP contribution is 2.27. The van der Waals surface area contributed by atoms with Gasteiger partial charge in [-0.05, 0) is 17.5 Å². The van der Waals surface area contributed by atoms with Crippen molar-refractivity contribution in [1.29, 1.82) is 0 Å².